The molecule has 0 aliphatic rings. The van der Waals surface area contributed by atoms with Gasteiger partial charge in [-0.2, -0.15) is 0 Å². The molecule has 0 amide bonds. The lowest BCUT2D eigenvalue weighted by Crippen LogP contribution is -2.25. The van der Waals surface area contributed by atoms with Crippen LogP contribution in [0.15, 0.2) is 30.0 Å². The van der Waals surface area contributed by atoms with Crippen LogP contribution in [0.4, 0.5) is 4.39 Å². The van der Waals surface area contributed by atoms with Crippen molar-refractivity contribution in [2.24, 2.45) is 0 Å². The molecule has 0 saturated carbocycles. The third-order valence-corrected chi connectivity index (χ3v) is 3.45. The molecule has 18 heavy (non-hydrogen) atoms. The van der Waals surface area contributed by atoms with Crippen LogP contribution in [-0.4, -0.2) is 16.5 Å². The smallest absolute Gasteiger partial charge is 0.146 e. The zero-order chi connectivity index (χ0) is 12.8. The average molecular weight is 265 g/mol. The number of nitrogens with one attached hydrogen (secondary N) is 1. The summed E-state index contributed by atoms with van der Waals surface area (Å²) in [5.74, 6) is -0.254. The lowest BCUT2D eigenvalue weighted by Gasteiger charge is -2.17. The van der Waals surface area contributed by atoms with Crippen LogP contribution in [0.1, 0.15) is 30.0 Å². The topological polar surface area (TPSA) is 37.8 Å². The van der Waals surface area contributed by atoms with E-state index in [2.05, 4.69) is 22.2 Å². The van der Waals surface area contributed by atoms with Crippen LogP contribution in [0.5, 0.6) is 0 Å². The quantitative estimate of drug-likeness (QED) is 0.872. The van der Waals surface area contributed by atoms with Crippen molar-refractivity contribution >= 4 is 11.3 Å². The highest BCUT2D eigenvalue weighted by Gasteiger charge is 2.17. The van der Waals surface area contributed by atoms with E-state index in [0.29, 0.717) is 5.69 Å². The minimum Gasteiger partial charge on any atom is -0.308 e. The molecule has 0 fully saturated rings. The van der Waals surface area contributed by atoms with Gasteiger partial charge in [0.05, 0.1) is 17.2 Å². The zero-order valence-corrected chi connectivity index (χ0v) is 11.1. The lowest BCUT2D eigenvalue weighted by atomic mass is 10.1. The summed E-state index contributed by atoms with van der Waals surface area (Å²) in [7, 11) is 0. The second kappa shape index (κ2) is 6.56. The zero-order valence-electron chi connectivity index (χ0n) is 10.3. The molecular formula is C13H16FN3S. The van der Waals surface area contributed by atoms with E-state index in [1.165, 1.54) is 6.07 Å². The van der Waals surface area contributed by atoms with Crippen LogP contribution in [0.3, 0.4) is 0 Å². The molecule has 0 radical (unpaired) electrons. The van der Waals surface area contributed by atoms with E-state index in [0.717, 1.165) is 24.3 Å². The van der Waals surface area contributed by atoms with Crippen LogP contribution < -0.4 is 5.32 Å². The summed E-state index contributed by atoms with van der Waals surface area (Å²) < 4.78 is 13.8. The maximum atomic E-state index is 13.8. The van der Waals surface area contributed by atoms with Gasteiger partial charge in [-0.3, -0.25) is 9.97 Å². The second-order valence-corrected chi connectivity index (χ2v) is 5.02. The van der Waals surface area contributed by atoms with Crippen molar-refractivity contribution in [1.29, 1.82) is 0 Å². The van der Waals surface area contributed by atoms with Gasteiger partial charge in [0.25, 0.3) is 0 Å². The van der Waals surface area contributed by atoms with Crippen molar-refractivity contribution < 1.29 is 4.39 Å². The summed E-state index contributed by atoms with van der Waals surface area (Å²) in [4.78, 5) is 9.34. The molecule has 2 aromatic rings. The van der Waals surface area contributed by atoms with E-state index in [1.54, 1.807) is 29.1 Å². The van der Waals surface area contributed by atoms with Crippen molar-refractivity contribution in [3.05, 3.63) is 46.4 Å². The number of rotatable bonds is 6. The first-order valence-electron chi connectivity index (χ1n) is 6.02. The van der Waals surface area contributed by atoms with Gasteiger partial charge in [-0.1, -0.05) is 6.92 Å². The normalized spacial score (nSPS) is 12.6. The standard InChI is InChI=1S/C13H16FN3S/c1-2-5-16-12(7-10-8-15-9-18-10)13-11(14)4-3-6-17-13/h3-4,6,8-9,12,16H,2,5,7H2,1H3. The van der Waals surface area contributed by atoms with Crippen molar-refractivity contribution in [3.63, 3.8) is 0 Å². The van der Waals surface area contributed by atoms with Gasteiger partial charge in [-0.05, 0) is 25.1 Å². The van der Waals surface area contributed by atoms with Gasteiger partial charge in [0.1, 0.15) is 5.82 Å². The number of halogens is 1. The van der Waals surface area contributed by atoms with E-state index in [9.17, 15) is 4.39 Å². The fourth-order valence-electron chi connectivity index (χ4n) is 1.78. The average Bonchev–Trinajstić information content (AvgIpc) is 2.88. The Balaban J connectivity index is 2.16. The van der Waals surface area contributed by atoms with Gasteiger partial charge in [-0.25, -0.2) is 4.39 Å². The Bertz CT molecular complexity index is 473. The molecular weight excluding hydrogens is 249 g/mol. The Morgan fingerprint density at radius 1 is 1.50 bits per heavy atom. The Hall–Kier alpha value is -1.33. The number of hydrogen-bond donors (Lipinski definition) is 1. The fraction of sp³-hybridized carbons (Fsp3) is 0.385. The van der Waals surface area contributed by atoms with Crippen LogP contribution in [0, 0.1) is 5.82 Å². The highest BCUT2D eigenvalue weighted by molar-refractivity contribution is 7.09. The number of nitrogens with zero attached hydrogens (tertiary/aromatic N) is 2. The molecule has 2 heterocycles. The molecule has 1 unspecified atom stereocenters. The molecule has 0 aliphatic heterocycles. The summed E-state index contributed by atoms with van der Waals surface area (Å²) in [6.07, 6.45) is 5.18. The Morgan fingerprint density at radius 3 is 3.06 bits per heavy atom. The first-order valence-corrected chi connectivity index (χ1v) is 6.90. The summed E-state index contributed by atoms with van der Waals surface area (Å²) in [6, 6.07) is 2.98. The van der Waals surface area contributed by atoms with Gasteiger partial charge in [-0.15, -0.1) is 11.3 Å². The summed E-state index contributed by atoms with van der Waals surface area (Å²) in [5.41, 5.74) is 2.28. The fourth-order valence-corrected chi connectivity index (χ4v) is 2.42. The van der Waals surface area contributed by atoms with Crippen LogP contribution >= 0.6 is 11.3 Å². The van der Waals surface area contributed by atoms with Crippen molar-refractivity contribution in [2.75, 3.05) is 6.54 Å². The van der Waals surface area contributed by atoms with E-state index < -0.39 is 0 Å². The minimum absolute atomic E-state index is 0.0911. The first kappa shape index (κ1) is 13.1. The van der Waals surface area contributed by atoms with Crippen molar-refractivity contribution in [3.8, 4) is 0 Å². The van der Waals surface area contributed by atoms with E-state index >= 15 is 0 Å². The number of aromatic nitrogens is 2. The largest absolute Gasteiger partial charge is 0.308 e. The maximum absolute atomic E-state index is 13.8. The highest BCUT2D eigenvalue weighted by atomic mass is 32.1. The predicted octanol–water partition coefficient (Wildman–Crippen LogP) is 2.96. The summed E-state index contributed by atoms with van der Waals surface area (Å²) in [5, 5.41) is 3.34. The van der Waals surface area contributed by atoms with Gasteiger partial charge in [0.15, 0.2) is 0 Å². The van der Waals surface area contributed by atoms with Crippen molar-refractivity contribution in [1.82, 2.24) is 15.3 Å². The Morgan fingerprint density at radius 2 is 2.39 bits per heavy atom. The monoisotopic (exact) mass is 265 g/mol. The van der Waals surface area contributed by atoms with E-state index in [1.807, 2.05) is 6.20 Å². The van der Waals surface area contributed by atoms with Gasteiger partial charge in [0.2, 0.25) is 0 Å². The Labute approximate surface area is 110 Å². The molecule has 0 bridgehead atoms. The summed E-state index contributed by atoms with van der Waals surface area (Å²) >= 11 is 1.58. The Kier molecular flexibility index (Phi) is 4.78. The van der Waals surface area contributed by atoms with Crippen LogP contribution in [-0.2, 0) is 6.42 Å². The third-order valence-electron chi connectivity index (χ3n) is 2.65. The molecule has 1 N–H and O–H groups in total. The number of pyridine rings is 1. The molecule has 0 aromatic carbocycles. The van der Waals surface area contributed by atoms with Gasteiger partial charge in [0, 0.05) is 23.7 Å². The highest BCUT2D eigenvalue weighted by Crippen LogP contribution is 2.21. The molecule has 5 heteroatoms. The number of thiazole rings is 1. The molecule has 2 aromatic heterocycles. The minimum atomic E-state index is -0.254. The van der Waals surface area contributed by atoms with Crippen LogP contribution in [0.25, 0.3) is 0 Å². The second-order valence-electron chi connectivity index (χ2n) is 4.05. The molecule has 3 nitrogen and oxygen atoms in total. The maximum Gasteiger partial charge on any atom is 0.146 e. The molecule has 0 spiro atoms. The molecule has 96 valence electrons. The van der Waals surface area contributed by atoms with Crippen LogP contribution in [0.2, 0.25) is 0 Å². The molecule has 0 aliphatic carbocycles. The lowest BCUT2D eigenvalue weighted by molar-refractivity contribution is 0.485. The summed E-state index contributed by atoms with van der Waals surface area (Å²) in [6.45, 7) is 2.94. The molecule has 1 atom stereocenters. The number of hydrogen-bond acceptors (Lipinski definition) is 4. The van der Waals surface area contributed by atoms with Gasteiger partial charge < -0.3 is 5.32 Å². The van der Waals surface area contributed by atoms with E-state index in [4.69, 9.17) is 0 Å². The third kappa shape index (κ3) is 3.34. The van der Waals surface area contributed by atoms with Crippen molar-refractivity contribution in [2.45, 2.75) is 25.8 Å². The predicted molar refractivity (Wildman–Crippen MR) is 71.0 cm³/mol. The van der Waals surface area contributed by atoms with E-state index in [-0.39, 0.29) is 11.9 Å². The SMILES string of the molecule is CCCNC(Cc1cncs1)c1ncccc1F. The molecule has 0 saturated heterocycles. The molecule has 2 rings (SSSR count). The van der Waals surface area contributed by atoms with Gasteiger partial charge >= 0.3 is 0 Å². The first-order chi connectivity index (χ1) is 8.81.